The average Bonchev–Trinajstić information content (AvgIpc) is 3.25. The maximum Gasteiger partial charge on any atom is 0.255 e. The molecule has 0 aliphatic carbocycles. The van der Waals surface area contributed by atoms with E-state index in [-0.39, 0.29) is 17.9 Å². The highest BCUT2D eigenvalue weighted by molar-refractivity contribution is 7.99. The van der Waals surface area contributed by atoms with Gasteiger partial charge in [0, 0.05) is 44.0 Å². The molecule has 2 saturated heterocycles. The normalized spacial score (nSPS) is 20.1. The molecule has 1 unspecified atom stereocenters. The molecule has 2 heterocycles. The van der Waals surface area contributed by atoms with Gasteiger partial charge < -0.3 is 9.80 Å². The molecular formula is C23H27N3O2S. The lowest BCUT2D eigenvalue weighted by Crippen LogP contribution is -2.54. The molecule has 2 amide bonds. The summed E-state index contributed by atoms with van der Waals surface area (Å²) in [4.78, 5) is 32.1. The summed E-state index contributed by atoms with van der Waals surface area (Å²) in [6.45, 7) is 6.25. The number of hydrogen-bond acceptors (Lipinski definition) is 4. The Morgan fingerprint density at radius 3 is 2.38 bits per heavy atom. The molecule has 5 nitrogen and oxygen atoms in total. The molecule has 2 aromatic rings. The molecule has 29 heavy (non-hydrogen) atoms. The number of carbonyl (C=O) groups excluding carboxylic acids is 2. The van der Waals surface area contributed by atoms with E-state index < -0.39 is 0 Å². The first kappa shape index (κ1) is 20.0. The molecule has 0 saturated carbocycles. The third-order valence-corrected chi connectivity index (χ3v) is 6.80. The summed E-state index contributed by atoms with van der Waals surface area (Å²) in [6.07, 6.45) is 0. The number of carbonyl (C=O) groups is 2. The number of thioether (sulfide) groups is 1. The predicted molar refractivity (Wildman–Crippen MR) is 117 cm³/mol. The van der Waals surface area contributed by atoms with Crippen molar-refractivity contribution in [1.82, 2.24) is 14.7 Å². The van der Waals surface area contributed by atoms with E-state index in [1.165, 1.54) is 11.1 Å². The van der Waals surface area contributed by atoms with Gasteiger partial charge in [0.05, 0.1) is 5.88 Å². The molecule has 1 atom stereocenters. The molecule has 6 heteroatoms. The summed E-state index contributed by atoms with van der Waals surface area (Å²) in [7, 11) is 0. The fourth-order valence-electron chi connectivity index (χ4n) is 3.96. The minimum atomic E-state index is -0.351. The highest BCUT2D eigenvalue weighted by atomic mass is 32.2. The second-order valence-corrected chi connectivity index (χ2v) is 8.68. The molecule has 4 rings (SSSR count). The highest BCUT2D eigenvalue weighted by Gasteiger charge is 2.38. The Kier molecular flexibility index (Phi) is 6.21. The molecule has 2 fully saturated rings. The third kappa shape index (κ3) is 4.49. The SMILES string of the molecule is Cc1ccccc1CN1CCN(C(=O)C2CSCN2C(=O)c2ccccc2)CC1. The Labute approximate surface area is 176 Å². The van der Waals surface area contributed by atoms with E-state index in [0.717, 1.165) is 32.7 Å². The van der Waals surface area contributed by atoms with Gasteiger partial charge in [0.2, 0.25) is 5.91 Å². The van der Waals surface area contributed by atoms with Crippen LogP contribution in [0.3, 0.4) is 0 Å². The van der Waals surface area contributed by atoms with Crippen LogP contribution in [-0.4, -0.2) is 70.4 Å². The molecule has 2 aromatic carbocycles. The zero-order chi connectivity index (χ0) is 20.2. The number of piperazine rings is 1. The molecule has 0 aromatic heterocycles. The van der Waals surface area contributed by atoms with Crippen LogP contribution >= 0.6 is 11.8 Å². The van der Waals surface area contributed by atoms with Gasteiger partial charge in [-0.15, -0.1) is 11.8 Å². The van der Waals surface area contributed by atoms with Crippen LogP contribution < -0.4 is 0 Å². The molecule has 0 spiro atoms. The van der Waals surface area contributed by atoms with E-state index in [1.807, 2.05) is 35.2 Å². The van der Waals surface area contributed by atoms with Gasteiger partial charge in [0.25, 0.3) is 5.91 Å². The van der Waals surface area contributed by atoms with Gasteiger partial charge >= 0.3 is 0 Å². The Morgan fingerprint density at radius 1 is 0.966 bits per heavy atom. The molecule has 2 aliphatic rings. The fraction of sp³-hybridized carbons (Fsp3) is 0.391. The maximum atomic E-state index is 13.2. The van der Waals surface area contributed by atoms with E-state index in [9.17, 15) is 9.59 Å². The minimum absolute atomic E-state index is 0.0489. The van der Waals surface area contributed by atoms with E-state index in [0.29, 0.717) is 17.2 Å². The van der Waals surface area contributed by atoms with Crippen molar-refractivity contribution in [2.24, 2.45) is 0 Å². The highest BCUT2D eigenvalue weighted by Crippen LogP contribution is 2.25. The zero-order valence-corrected chi connectivity index (χ0v) is 17.6. The van der Waals surface area contributed by atoms with Gasteiger partial charge in [-0.25, -0.2) is 0 Å². The van der Waals surface area contributed by atoms with E-state index in [4.69, 9.17) is 0 Å². The number of rotatable bonds is 4. The Bertz CT molecular complexity index is 865. The first-order valence-electron chi connectivity index (χ1n) is 10.1. The summed E-state index contributed by atoms with van der Waals surface area (Å²) < 4.78 is 0. The monoisotopic (exact) mass is 409 g/mol. The van der Waals surface area contributed by atoms with Crippen LogP contribution in [0.5, 0.6) is 0 Å². The van der Waals surface area contributed by atoms with Crippen LogP contribution in [0.2, 0.25) is 0 Å². The minimum Gasteiger partial charge on any atom is -0.338 e. The van der Waals surface area contributed by atoms with E-state index >= 15 is 0 Å². The molecule has 152 valence electrons. The van der Waals surface area contributed by atoms with Gasteiger partial charge in [0.15, 0.2) is 0 Å². The number of nitrogens with zero attached hydrogens (tertiary/aromatic N) is 3. The first-order valence-corrected chi connectivity index (χ1v) is 11.3. The van der Waals surface area contributed by atoms with Crippen molar-refractivity contribution in [2.45, 2.75) is 19.5 Å². The molecule has 2 aliphatic heterocycles. The van der Waals surface area contributed by atoms with Gasteiger partial charge in [-0.3, -0.25) is 14.5 Å². The van der Waals surface area contributed by atoms with Crippen molar-refractivity contribution < 1.29 is 9.59 Å². The zero-order valence-electron chi connectivity index (χ0n) is 16.8. The van der Waals surface area contributed by atoms with Crippen LogP contribution in [0.25, 0.3) is 0 Å². The number of hydrogen-bond donors (Lipinski definition) is 0. The Morgan fingerprint density at radius 2 is 1.66 bits per heavy atom. The fourth-order valence-corrected chi connectivity index (χ4v) is 5.10. The van der Waals surface area contributed by atoms with Crippen LogP contribution in [0.15, 0.2) is 54.6 Å². The molecule has 0 N–H and O–H groups in total. The van der Waals surface area contributed by atoms with Crippen molar-refractivity contribution in [3.63, 3.8) is 0 Å². The maximum absolute atomic E-state index is 13.2. The van der Waals surface area contributed by atoms with Gasteiger partial charge in [-0.2, -0.15) is 0 Å². The molecular weight excluding hydrogens is 382 g/mol. The topological polar surface area (TPSA) is 43.9 Å². The molecule has 0 radical (unpaired) electrons. The Hall–Kier alpha value is -2.31. The summed E-state index contributed by atoms with van der Waals surface area (Å²) in [5.74, 6) is 1.31. The third-order valence-electron chi connectivity index (χ3n) is 5.79. The summed E-state index contributed by atoms with van der Waals surface area (Å²) in [5.41, 5.74) is 3.30. The van der Waals surface area contributed by atoms with Gasteiger partial charge in [0.1, 0.15) is 6.04 Å². The second-order valence-electron chi connectivity index (χ2n) is 7.68. The van der Waals surface area contributed by atoms with Gasteiger partial charge in [-0.05, 0) is 30.2 Å². The van der Waals surface area contributed by atoms with Crippen molar-refractivity contribution in [2.75, 3.05) is 37.8 Å². The quantitative estimate of drug-likeness (QED) is 0.779. The number of benzene rings is 2. The van der Waals surface area contributed by atoms with E-state index in [1.54, 1.807) is 16.7 Å². The second kappa shape index (κ2) is 9.01. The van der Waals surface area contributed by atoms with Crippen molar-refractivity contribution in [3.05, 3.63) is 71.3 Å². The standard InChI is InChI=1S/C23H27N3O2S/c1-18-7-5-6-10-20(18)15-24-11-13-25(14-12-24)23(28)21-16-29-17-26(21)22(27)19-8-3-2-4-9-19/h2-10,21H,11-17H2,1H3. The first-order chi connectivity index (χ1) is 14.1. The lowest BCUT2D eigenvalue weighted by atomic mass is 10.1. The summed E-state index contributed by atoms with van der Waals surface area (Å²) >= 11 is 1.66. The van der Waals surface area contributed by atoms with Crippen molar-refractivity contribution in [3.8, 4) is 0 Å². The van der Waals surface area contributed by atoms with Crippen molar-refractivity contribution >= 4 is 23.6 Å². The number of aryl methyl sites for hydroxylation is 1. The van der Waals surface area contributed by atoms with Gasteiger partial charge in [-0.1, -0.05) is 42.5 Å². The van der Waals surface area contributed by atoms with Crippen LogP contribution in [0.4, 0.5) is 0 Å². The van der Waals surface area contributed by atoms with E-state index in [2.05, 4.69) is 36.1 Å². The van der Waals surface area contributed by atoms with Crippen LogP contribution in [0, 0.1) is 6.92 Å². The Balaban J connectivity index is 1.35. The predicted octanol–water partition coefficient (Wildman–Crippen LogP) is 2.85. The largest absolute Gasteiger partial charge is 0.338 e. The summed E-state index contributed by atoms with van der Waals surface area (Å²) in [6, 6.07) is 17.4. The average molecular weight is 410 g/mol. The lowest BCUT2D eigenvalue weighted by Gasteiger charge is -2.37. The molecule has 0 bridgehead atoms. The smallest absolute Gasteiger partial charge is 0.255 e. The summed E-state index contributed by atoms with van der Waals surface area (Å²) in [5, 5.41) is 0. The number of amides is 2. The van der Waals surface area contributed by atoms with Crippen LogP contribution in [-0.2, 0) is 11.3 Å². The van der Waals surface area contributed by atoms with Crippen LogP contribution in [0.1, 0.15) is 21.5 Å². The van der Waals surface area contributed by atoms with Crippen molar-refractivity contribution in [1.29, 1.82) is 0 Å². The lowest BCUT2D eigenvalue weighted by molar-refractivity contribution is -0.136.